The highest BCUT2D eigenvalue weighted by Gasteiger charge is 2.24. The zero-order valence-corrected chi connectivity index (χ0v) is 13.8. The van der Waals surface area contributed by atoms with Crippen LogP contribution < -0.4 is 16.0 Å². The lowest BCUT2D eigenvalue weighted by Crippen LogP contribution is -2.44. The van der Waals surface area contributed by atoms with Crippen LogP contribution in [0.15, 0.2) is 0 Å². The van der Waals surface area contributed by atoms with Crippen molar-refractivity contribution in [2.24, 2.45) is 5.92 Å². The zero-order valence-electron chi connectivity index (χ0n) is 13.8. The van der Waals surface area contributed by atoms with Gasteiger partial charge < -0.3 is 20.7 Å². The van der Waals surface area contributed by atoms with E-state index in [2.05, 4.69) is 16.0 Å². The number of ether oxygens (including phenoxy) is 1. The lowest BCUT2D eigenvalue weighted by molar-refractivity contribution is -0.127. The van der Waals surface area contributed by atoms with Crippen molar-refractivity contribution in [1.29, 1.82) is 0 Å². The van der Waals surface area contributed by atoms with E-state index in [1.807, 2.05) is 6.92 Å². The maximum atomic E-state index is 11.8. The second-order valence-corrected chi connectivity index (χ2v) is 6.69. The number of nitrogens with one attached hydrogen (secondary N) is 3. The average Bonchev–Trinajstić information content (AvgIpc) is 2.37. The molecule has 1 rings (SSSR count). The van der Waals surface area contributed by atoms with Gasteiger partial charge in [-0.2, -0.15) is 0 Å². The fraction of sp³-hybridized carbons (Fsp3) is 0.800. The third-order valence-electron chi connectivity index (χ3n) is 3.24. The van der Waals surface area contributed by atoms with Gasteiger partial charge in [-0.25, -0.2) is 4.79 Å². The molecule has 3 N–H and O–H groups in total. The second-order valence-electron chi connectivity index (χ2n) is 6.69. The largest absolute Gasteiger partial charge is 0.444 e. The van der Waals surface area contributed by atoms with Crippen LogP contribution in [0.4, 0.5) is 4.79 Å². The summed E-state index contributed by atoms with van der Waals surface area (Å²) in [6.45, 7) is 7.71. The molecule has 0 aromatic rings. The lowest BCUT2D eigenvalue weighted by atomic mass is 9.92. The quantitative estimate of drug-likeness (QED) is 0.703. The Hall–Kier alpha value is -1.79. The van der Waals surface area contributed by atoms with Gasteiger partial charge in [-0.15, -0.1) is 0 Å². The van der Waals surface area contributed by atoms with E-state index in [9.17, 15) is 14.4 Å². The first-order valence-electron chi connectivity index (χ1n) is 7.71. The van der Waals surface area contributed by atoms with Crippen LogP contribution in [0.5, 0.6) is 0 Å². The van der Waals surface area contributed by atoms with E-state index in [1.54, 1.807) is 20.8 Å². The molecular formula is C15H27N3O4. The van der Waals surface area contributed by atoms with Crippen LogP contribution in [0.3, 0.4) is 0 Å². The van der Waals surface area contributed by atoms with Crippen molar-refractivity contribution in [3.05, 3.63) is 0 Å². The van der Waals surface area contributed by atoms with E-state index in [1.165, 1.54) is 0 Å². The molecule has 0 spiro atoms. The molecule has 1 fully saturated rings. The predicted molar refractivity (Wildman–Crippen MR) is 82.2 cm³/mol. The highest BCUT2D eigenvalue weighted by atomic mass is 16.6. The molecule has 22 heavy (non-hydrogen) atoms. The molecule has 126 valence electrons. The van der Waals surface area contributed by atoms with Crippen molar-refractivity contribution in [3.63, 3.8) is 0 Å². The van der Waals surface area contributed by atoms with E-state index >= 15 is 0 Å². The Kier molecular flexibility index (Phi) is 6.64. The molecule has 3 amide bonds. The number of piperidine rings is 1. The molecule has 2 atom stereocenters. The molecule has 1 heterocycles. The van der Waals surface area contributed by atoms with Crippen molar-refractivity contribution in [3.8, 4) is 0 Å². The van der Waals surface area contributed by atoms with Gasteiger partial charge in [0, 0.05) is 18.5 Å². The summed E-state index contributed by atoms with van der Waals surface area (Å²) < 4.78 is 5.05. The fourth-order valence-corrected chi connectivity index (χ4v) is 2.34. The first-order chi connectivity index (χ1) is 10.2. The van der Waals surface area contributed by atoms with Crippen LogP contribution in [0.2, 0.25) is 0 Å². The number of alkyl carbamates (subject to hydrolysis) is 1. The molecule has 0 saturated carbocycles. The minimum Gasteiger partial charge on any atom is -0.444 e. The summed E-state index contributed by atoms with van der Waals surface area (Å²) in [4.78, 5) is 34.9. The highest BCUT2D eigenvalue weighted by molar-refractivity contribution is 5.82. The van der Waals surface area contributed by atoms with Crippen molar-refractivity contribution in [2.45, 2.75) is 58.6 Å². The van der Waals surface area contributed by atoms with E-state index in [0.717, 1.165) is 19.4 Å². The Balaban J connectivity index is 2.26. The minimum absolute atomic E-state index is 0.0529. The average molecular weight is 313 g/mol. The van der Waals surface area contributed by atoms with Gasteiger partial charge in [0.25, 0.3) is 0 Å². The van der Waals surface area contributed by atoms with Crippen LogP contribution in [-0.2, 0) is 14.3 Å². The minimum atomic E-state index is -0.623. The fourth-order valence-electron chi connectivity index (χ4n) is 2.34. The number of carbonyl (C=O) groups is 3. The van der Waals surface area contributed by atoms with Gasteiger partial charge in [-0.1, -0.05) is 0 Å². The second kappa shape index (κ2) is 8.00. The Bertz CT molecular complexity index is 418. The zero-order chi connectivity index (χ0) is 16.8. The molecule has 0 aromatic heterocycles. The lowest BCUT2D eigenvalue weighted by Gasteiger charge is -2.25. The van der Waals surface area contributed by atoms with Crippen molar-refractivity contribution >= 4 is 17.9 Å². The van der Waals surface area contributed by atoms with Crippen LogP contribution in [0, 0.1) is 5.92 Å². The van der Waals surface area contributed by atoms with Gasteiger partial charge in [0.1, 0.15) is 12.1 Å². The molecule has 1 aliphatic heterocycles. The molecule has 0 bridgehead atoms. The third kappa shape index (κ3) is 7.28. The highest BCUT2D eigenvalue weighted by Crippen LogP contribution is 2.17. The van der Waals surface area contributed by atoms with E-state index in [-0.39, 0.29) is 30.3 Å². The molecule has 0 aliphatic carbocycles. The van der Waals surface area contributed by atoms with Gasteiger partial charge in [0.05, 0.1) is 0 Å². The Labute approximate surface area is 131 Å². The van der Waals surface area contributed by atoms with E-state index < -0.39 is 11.7 Å². The Morgan fingerprint density at radius 1 is 1.41 bits per heavy atom. The Morgan fingerprint density at radius 2 is 2.09 bits per heavy atom. The van der Waals surface area contributed by atoms with Gasteiger partial charge in [-0.05, 0) is 47.0 Å². The van der Waals surface area contributed by atoms with E-state index in [4.69, 9.17) is 4.74 Å². The van der Waals surface area contributed by atoms with Gasteiger partial charge in [0.2, 0.25) is 11.8 Å². The number of hydrogen-bond donors (Lipinski definition) is 3. The molecule has 7 nitrogen and oxygen atoms in total. The molecule has 7 heteroatoms. The SMILES string of the molecule is CC(C[C@@H]1CCCNC1=O)NC(=O)CNC(=O)OC(C)(C)C. The summed E-state index contributed by atoms with van der Waals surface area (Å²) in [5.41, 5.74) is -0.595. The monoisotopic (exact) mass is 313 g/mol. The smallest absolute Gasteiger partial charge is 0.408 e. The molecular weight excluding hydrogens is 286 g/mol. The van der Waals surface area contributed by atoms with Crippen molar-refractivity contribution in [2.75, 3.05) is 13.1 Å². The summed E-state index contributed by atoms with van der Waals surface area (Å²) in [6.07, 6.45) is 1.80. The standard InChI is InChI=1S/C15H27N3O4/c1-10(8-11-6-5-7-16-13(11)20)18-12(19)9-17-14(21)22-15(2,3)4/h10-11H,5-9H2,1-4H3,(H,16,20)(H,17,21)(H,18,19)/t10?,11-/m0/s1. The maximum absolute atomic E-state index is 11.8. The van der Waals surface area contributed by atoms with Gasteiger partial charge in [-0.3, -0.25) is 9.59 Å². The third-order valence-corrected chi connectivity index (χ3v) is 3.24. The molecule has 1 aliphatic rings. The first kappa shape index (κ1) is 18.3. The summed E-state index contributed by atoms with van der Waals surface area (Å²) in [7, 11) is 0. The maximum Gasteiger partial charge on any atom is 0.408 e. The topological polar surface area (TPSA) is 96.5 Å². The molecule has 0 aromatic carbocycles. The van der Waals surface area contributed by atoms with Crippen LogP contribution >= 0.6 is 0 Å². The van der Waals surface area contributed by atoms with Crippen molar-refractivity contribution < 1.29 is 19.1 Å². The normalized spacial score (nSPS) is 19.8. The van der Waals surface area contributed by atoms with Crippen LogP contribution in [0.1, 0.15) is 47.0 Å². The number of hydrogen-bond acceptors (Lipinski definition) is 4. The van der Waals surface area contributed by atoms with E-state index in [0.29, 0.717) is 6.42 Å². The van der Waals surface area contributed by atoms with Gasteiger partial charge >= 0.3 is 6.09 Å². The summed E-state index contributed by atoms with van der Waals surface area (Å²) in [5.74, 6) is -0.295. The Morgan fingerprint density at radius 3 is 2.68 bits per heavy atom. The van der Waals surface area contributed by atoms with Gasteiger partial charge in [0.15, 0.2) is 0 Å². The summed E-state index contributed by atoms with van der Waals surface area (Å²) >= 11 is 0. The molecule has 1 saturated heterocycles. The van der Waals surface area contributed by atoms with Crippen LogP contribution in [-0.4, -0.2) is 42.6 Å². The molecule has 0 radical (unpaired) electrons. The first-order valence-corrected chi connectivity index (χ1v) is 7.71. The number of amides is 3. The summed E-state index contributed by atoms with van der Waals surface area (Å²) in [6, 6.07) is -0.123. The van der Waals surface area contributed by atoms with Crippen LogP contribution in [0.25, 0.3) is 0 Å². The molecule has 1 unspecified atom stereocenters. The summed E-state index contributed by atoms with van der Waals surface area (Å²) in [5, 5.41) is 8.01. The number of rotatable bonds is 5. The number of carbonyl (C=O) groups excluding carboxylic acids is 3. The predicted octanol–water partition coefficient (Wildman–Crippen LogP) is 0.932. The van der Waals surface area contributed by atoms with Crippen molar-refractivity contribution in [1.82, 2.24) is 16.0 Å².